The van der Waals surface area contributed by atoms with E-state index < -0.39 is 0 Å². The smallest absolute Gasteiger partial charge is 0.173 e. The van der Waals surface area contributed by atoms with E-state index in [0.29, 0.717) is 10.6 Å². The Hall–Kier alpha value is -2.03. The second kappa shape index (κ2) is 12.4. The molecule has 0 aliphatic carbocycles. The van der Waals surface area contributed by atoms with Gasteiger partial charge in [0.15, 0.2) is 5.78 Å². The van der Waals surface area contributed by atoms with E-state index >= 15 is 0 Å². The first-order valence-electron chi connectivity index (χ1n) is 8.01. The summed E-state index contributed by atoms with van der Waals surface area (Å²) in [4.78, 5) is 15.8. The van der Waals surface area contributed by atoms with E-state index in [-0.39, 0.29) is 22.7 Å². The SMILES string of the molecule is CC(N)=S.Cc1nc(-c2ccc(F)cc2)cs1.O=C(CBr)c1ccc(F)cc1. The highest BCUT2D eigenvalue weighted by Gasteiger charge is 2.02. The zero-order valence-electron chi connectivity index (χ0n) is 15.3. The van der Waals surface area contributed by atoms with Crippen LogP contribution in [0.2, 0.25) is 0 Å². The van der Waals surface area contributed by atoms with Crippen molar-refractivity contribution >= 4 is 50.3 Å². The first-order valence-corrected chi connectivity index (χ1v) is 10.4. The Bertz CT molecular complexity index is 893. The molecule has 8 heteroatoms. The number of Topliss-reactive ketones (excluding diaryl/α,β-unsaturated/α-hetero) is 1. The lowest BCUT2D eigenvalue weighted by Gasteiger charge is -1.94. The van der Waals surface area contributed by atoms with Gasteiger partial charge < -0.3 is 5.73 Å². The molecule has 0 spiro atoms. The Morgan fingerprint density at radius 3 is 1.96 bits per heavy atom. The van der Waals surface area contributed by atoms with Crippen molar-refractivity contribution in [3.8, 4) is 11.3 Å². The van der Waals surface area contributed by atoms with E-state index in [9.17, 15) is 13.6 Å². The molecule has 3 aromatic rings. The van der Waals surface area contributed by atoms with Crippen molar-refractivity contribution < 1.29 is 13.6 Å². The maximum absolute atomic E-state index is 12.6. The average molecular weight is 485 g/mol. The minimum atomic E-state index is -0.323. The number of hydrogen-bond donors (Lipinski definition) is 1. The zero-order valence-corrected chi connectivity index (χ0v) is 18.5. The number of aryl methyl sites for hydroxylation is 1. The number of alkyl halides is 1. The fraction of sp³-hybridized carbons (Fsp3) is 0.150. The van der Waals surface area contributed by atoms with E-state index in [0.717, 1.165) is 16.3 Å². The van der Waals surface area contributed by atoms with E-state index in [1.54, 1.807) is 30.4 Å². The molecule has 0 bridgehead atoms. The predicted molar refractivity (Wildman–Crippen MR) is 119 cm³/mol. The molecule has 0 unspecified atom stereocenters. The second-order valence-electron chi connectivity index (χ2n) is 5.43. The standard InChI is InChI=1S/C10H8FNS.C8H6BrFO.C2H5NS/c1-7-12-10(6-13-7)8-2-4-9(11)5-3-8;9-5-8(11)6-1-3-7(10)4-2-6;1-2(3)4/h2-6H,1H3;1-4H,5H2;1H3,(H2,3,4). The molecule has 0 amide bonds. The van der Waals surface area contributed by atoms with Crippen LogP contribution in [0.3, 0.4) is 0 Å². The number of nitrogens with two attached hydrogens (primary N) is 1. The third-order valence-electron chi connectivity index (χ3n) is 3.05. The summed E-state index contributed by atoms with van der Waals surface area (Å²) in [6.45, 7) is 3.63. The monoisotopic (exact) mass is 484 g/mol. The van der Waals surface area contributed by atoms with Gasteiger partial charge in [0.25, 0.3) is 0 Å². The Labute approximate surface area is 180 Å². The van der Waals surface area contributed by atoms with Gasteiger partial charge in [-0.25, -0.2) is 13.8 Å². The zero-order chi connectivity index (χ0) is 21.1. The summed E-state index contributed by atoms with van der Waals surface area (Å²) in [5.74, 6) is -0.572. The quantitative estimate of drug-likeness (QED) is 0.283. The van der Waals surface area contributed by atoms with E-state index in [1.165, 1.54) is 36.4 Å². The summed E-state index contributed by atoms with van der Waals surface area (Å²) in [6.07, 6.45) is 0. The molecule has 3 rings (SSSR count). The number of rotatable bonds is 3. The van der Waals surface area contributed by atoms with Crippen LogP contribution >= 0.6 is 39.5 Å². The fourth-order valence-electron chi connectivity index (χ4n) is 1.83. The van der Waals surface area contributed by atoms with E-state index in [1.807, 2.05) is 12.3 Å². The molecular formula is C20H19BrF2N2OS2. The van der Waals surface area contributed by atoms with Crippen LogP contribution in [0.25, 0.3) is 11.3 Å². The number of ketones is 1. The van der Waals surface area contributed by atoms with Gasteiger partial charge in [-0.05, 0) is 62.4 Å². The van der Waals surface area contributed by atoms with E-state index in [4.69, 9.17) is 5.73 Å². The first kappa shape index (κ1) is 24.0. The molecule has 0 saturated carbocycles. The summed E-state index contributed by atoms with van der Waals surface area (Å²) in [6, 6.07) is 11.9. The van der Waals surface area contributed by atoms with Gasteiger partial charge in [0.05, 0.1) is 21.0 Å². The average Bonchev–Trinajstić information content (AvgIpc) is 3.09. The molecule has 0 fully saturated rings. The molecule has 1 aromatic heterocycles. The minimum Gasteiger partial charge on any atom is -0.394 e. The van der Waals surface area contributed by atoms with Crippen LogP contribution in [0.15, 0.2) is 53.9 Å². The largest absolute Gasteiger partial charge is 0.394 e. The van der Waals surface area contributed by atoms with Gasteiger partial charge in [0, 0.05) is 16.5 Å². The number of benzene rings is 2. The lowest BCUT2D eigenvalue weighted by atomic mass is 10.1. The minimum absolute atomic E-state index is 0.0370. The van der Waals surface area contributed by atoms with E-state index in [2.05, 4.69) is 33.1 Å². The number of carbonyl (C=O) groups is 1. The number of hydrogen-bond acceptors (Lipinski definition) is 4. The summed E-state index contributed by atoms with van der Waals surface area (Å²) in [7, 11) is 0. The highest BCUT2D eigenvalue weighted by atomic mass is 79.9. The molecule has 0 atom stereocenters. The molecule has 0 aliphatic rings. The molecule has 28 heavy (non-hydrogen) atoms. The van der Waals surface area contributed by atoms with Crippen LogP contribution in [-0.2, 0) is 0 Å². The third-order valence-corrected chi connectivity index (χ3v) is 4.33. The fourth-order valence-corrected chi connectivity index (χ4v) is 2.78. The number of nitrogens with zero attached hydrogens (tertiary/aromatic N) is 1. The van der Waals surface area contributed by atoms with Gasteiger partial charge in [0.2, 0.25) is 0 Å². The molecule has 148 valence electrons. The van der Waals surface area contributed by atoms with Crippen LogP contribution < -0.4 is 5.73 Å². The van der Waals surface area contributed by atoms with Gasteiger partial charge in [0.1, 0.15) is 11.6 Å². The van der Waals surface area contributed by atoms with Gasteiger partial charge >= 0.3 is 0 Å². The van der Waals surface area contributed by atoms with Crippen molar-refractivity contribution in [2.45, 2.75) is 13.8 Å². The van der Waals surface area contributed by atoms with Gasteiger partial charge in [-0.1, -0.05) is 28.1 Å². The van der Waals surface area contributed by atoms with Crippen molar-refractivity contribution in [2.24, 2.45) is 5.73 Å². The molecule has 3 nitrogen and oxygen atoms in total. The molecule has 1 heterocycles. The highest BCUT2D eigenvalue weighted by Crippen LogP contribution is 2.21. The summed E-state index contributed by atoms with van der Waals surface area (Å²) >= 11 is 8.94. The van der Waals surface area contributed by atoms with Gasteiger partial charge in [-0.2, -0.15) is 0 Å². The summed E-state index contributed by atoms with van der Waals surface area (Å²) in [5, 5.41) is 3.28. The lowest BCUT2D eigenvalue weighted by molar-refractivity contribution is 0.102. The predicted octanol–water partition coefficient (Wildman–Crippen LogP) is 5.95. The molecule has 0 saturated heterocycles. The Balaban J connectivity index is 0.000000239. The van der Waals surface area contributed by atoms with Crippen LogP contribution in [0.4, 0.5) is 8.78 Å². The van der Waals surface area contributed by atoms with Crippen LogP contribution in [0.1, 0.15) is 22.3 Å². The Morgan fingerprint density at radius 1 is 1.11 bits per heavy atom. The van der Waals surface area contributed by atoms with Crippen molar-refractivity contribution in [1.82, 2.24) is 4.98 Å². The van der Waals surface area contributed by atoms with Crippen LogP contribution in [0.5, 0.6) is 0 Å². The summed E-state index contributed by atoms with van der Waals surface area (Å²) < 4.78 is 24.9. The number of aromatic nitrogens is 1. The lowest BCUT2D eigenvalue weighted by Crippen LogP contribution is -1.98. The number of carbonyl (C=O) groups excluding carboxylic acids is 1. The number of thiocarbonyl (C=S) groups is 1. The maximum Gasteiger partial charge on any atom is 0.173 e. The van der Waals surface area contributed by atoms with Crippen molar-refractivity contribution in [1.29, 1.82) is 0 Å². The van der Waals surface area contributed by atoms with Crippen LogP contribution in [-0.4, -0.2) is 21.1 Å². The number of halogens is 3. The molecule has 0 radical (unpaired) electrons. The Morgan fingerprint density at radius 2 is 1.57 bits per heavy atom. The molecule has 0 aliphatic heterocycles. The van der Waals surface area contributed by atoms with Crippen molar-refractivity contribution in [3.63, 3.8) is 0 Å². The first-order chi connectivity index (χ1) is 13.2. The van der Waals surface area contributed by atoms with Gasteiger partial charge in [-0.15, -0.1) is 11.3 Å². The third kappa shape index (κ3) is 9.25. The molecule has 2 N–H and O–H groups in total. The number of thiazole rings is 1. The van der Waals surface area contributed by atoms with Crippen molar-refractivity contribution in [2.75, 3.05) is 5.33 Å². The Kier molecular flexibility index (Phi) is 10.7. The molecular weight excluding hydrogens is 466 g/mol. The maximum atomic E-state index is 12.6. The summed E-state index contributed by atoms with van der Waals surface area (Å²) in [5.41, 5.74) is 7.26. The van der Waals surface area contributed by atoms with Gasteiger partial charge in [-0.3, -0.25) is 4.79 Å². The topological polar surface area (TPSA) is 56.0 Å². The van der Waals surface area contributed by atoms with Crippen LogP contribution in [0, 0.1) is 18.6 Å². The second-order valence-corrected chi connectivity index (χ2v) is 7.70. The highest BCUT2D eigenvalue weighted by molar-refractivity contribution is 9.09. The normalized spacial score (nSPS) is 9.46. The molecule has 2 aromatic carbocycles. The van der Waals surface area contributed by atoms with Crippen molar-refractivity contribution in [3.05, 3.63) is 76.1 Å².